The molecule has 0 fully saturated rings. The van der Waals surface area contributed by atoms with Crippen LogP contribution in [0.4, 0.5) is 0 Å². The van der Waals surface area contributed by atoms with Gasteiger partial charge in [-0.15, -0.1) is 0 Å². The lowest BCUT2D eigenvalue weighted by Crippen LogP contribution is -2.29. The lowest BCUT2D eigenvalue weighted by Gasteiger charge is -2.13. The van der Waals surface area contributed by atoms with Crippen LogP contribution in [0.15, 0.2) is 36.0 Å². The number of nitrogens with one attached hydrogen (secondary N) is 1. The predicted octanol–water partition coefficient (Wildman–Crippen LogP) is 1.83. The number of carbonyl (C=O) groups is 1. The Morgan fingerprint density at radius 2 is 2.18 bits per heavy atom. The summed E-state index contributed by atoms with van der Waals surface area (Å²) in [5.41, 5.74) is 2.32. The van der Waals surface area contributed by atoms with Crippen LogP contribution in [0.2, 0.25) is 0 Å². The molecule has 3 rings (SSSR count). The molecule has 1 aliphatic heterocycles. The van der Waals surface area contributed by atoms with Gasteiger partial charge in [0.2, 0.25) is 0 Å². The molecule has 0 saturated heterocycles. The maximum Gasteiger partial charge on any atom is 0.157 e. The summed E-state index contributed by atoms with van der Waals surface area (Å²) in [6.07, 6.45) is 4.34. The third-order valence-electron chi connectivity index (χ3n) is 3.25. The van der Waals surface area contributed by atoms with Crippen LogP contribution < -0.4 is 10.1 Å². The normalized spacial score (nSPS) is 22.0. The Kier molecular flexibility index (Phi) is 2.59. The lowest BCUT2D eigenvalue weighted by molar-refractivity contribution is -0.114. The Morgan fingerprint density at radius 3 is 2.94 bits per heavy atom. The Hall–Kier alpha value is -1.77. The smallest absolute Gasteiger partial charge is 0.157 e. The molecule has 1 heterocycles. The first-order chi connectivity index (χ1) is 8.31. The molecule has 0 saturated carbocycles. The standard InChI is InChI=1S/C14H15NO2/c16-12-6-5-11(8-12)15-9-13-7-10-3-1-2-4-14(10)17-13/h1-4,8,13,15H,5-7,9H2. The molecule has 0 spiro atoms. The SMILES string of the molecule is O=C1C=C(NCC2Cc3ccccc3O2)CC1. The molecule has 2 aliphatic rings. The van der Waals surface area contributed by atoms with Gasteiger partial charge in [-0.2, -0.15) is 0 Å². The topological polar surface area (TPSA) is 38.3 Å². The molecule has 88 valence electrons. The molecule has 0 radical (unpaired) electrons. The molecule has 1 N–H and O–H groups in total. The summed E-state index contributed by atoms with van der Waals surface area (Å²) in [7, 11) is 0. The van der Waals surface area contributed by atoms with Gasteiger partial charge in [0.25, 0.3) is 0 Å². The number of para-hydroxylation sites is 1. The van der Waals surface area contributed by atoms with Gasteiger partial charge in [0.05, 0.1) is 6.54 Å². The summed E-state index contributed by atoms with van der Waals surface area (Å²) in [5.74, 6) is 1.22. The minimum atomic E-state index is 0.184. The van der Waals surface area contributed by atoms with E-state index in [4.69, 9.17) is 4.74 Å². The first kappa shape index (κ1) is 10.4. The number of ketones is 1. The van der Waals surface area contributed by atoms with E-state index in [-0.39, 0.29) is 11.9 Å². The second kappa shape index (κ2) is 4.24. The number of fused-ring (bicyclic) bond motifs is 1. The van der Waals surface area contributed by atoms with Crippen molar-refractivity contribution in [2.24, 2.45) is 0 Å². The number of carbonyl (C=O) groups excluding carboxylic acids is 1. The molecule has 17 heavy (non-hydrogen) atoms. The highest BCUT2D eigenvalue weighted by molar-refractivity contribution is 5.92. The lowest BCUT2D eigenvalue weighted by atomic mass is 10.1. The van der Waals surface area contributed by atoms with Crippen molar-refractivity contribution in [1.82, 2.24) is 5.32 Å². The molecule has 0 bridgehead atoms. The molecule has 1 aromatic carbocycles. The van der Waals surface area contributed by atoms with E-state index in [0.29, 0.717) is 6.42 Å². The first-order valence-electron chi connectivity index (χ1n) is 6.03. The molecule has 1 unspecified atom stereocenters. The summed E-state index contributed by atoms with van der Waals surface area (Å²) in [4.78, 5) is 11.1. The highest BCUT2D eigenvalue weighted by atomic mass is 16.5. The van der Waals surface area contributed by atoms with E-state index >= 15 is 0 Å². The molecule has 1 aromatic rings. The number of allylic oxidation sites excluding steroid dienone is 2. The van der Waals surface area contributed by atoms with Crippen molar-refractivity contribution >= 4 is 5.78 Å². The van der Waals surface area contributed by atoms with E-state index in [1.807, 2.05) is 18.2 Å². The summed E-state index contributed by atoms with van der Waals surface area (Å²) in [5, 5.41) is 3.30. The van der Waals surface area contributed by atoms with Gasteiger partial charge < -0.3 is 10.1 Å². The van der Waals surface area contributed by atoms with Crippen LogP contribution in [0, 0.1) is 0 Å². The highest BCUT2D eigenvalue weighted by Gasteiger charge is 2.22. The van der Waals surface area contributed by atoms with Crippen molar-refractivity contribution < 1.29 is 9.53 Å². The monoisotopic (exact) mass is 229 g/mol. The zero-order valence-corrected chi connectivity index (χ0v) is 9.61. The van der Waals surface area contributed by atoms with E-state index < -0.39 is 0 Å². The van der Waals surface area contributed by atoms with Gasteiger partial charge in [0.15, 0.2) is 5.78 Å². The fraction of sp³-hybridized carbons (Fsp3) is 0.357. The van der Waals surface area contributed by atoms with E-state index in [1.54, 1.807) is 6.08 Å². The minimum absolute atomic E-state index is 0.184. The van der Waals surface area contributed by atoms with Gasteiger partial charge in [0.1, 0.15) is 11.9 Å². The van der Waals surface area contributed by atoms with Crippen LogP contribution in [0.1, 0.15) is 18.4 Å². The fourth-order valence-electron chi connectivity index (χ4n) is 2.35. The average Bonchev–Trinajstić information content (AvgIpc) is 2.91. The van der Waals surface area contributed by atoms with Crippen LogP contribution >= 0.6 is 0 Å². The molecular formula is C14H15NO2. The maximum absolute atomic E-state index is 11.1. The molecule has 3 nitrogen and oxygen atoms in total. The quantitative estimate of drug-likeness (QED) is 0.859. The predicted molar refractivity (Wildman–Crippen MR) is 64.9 cm³/mol. The second-order valence-electron chi connectivity index (χ2n) is 4.57. The van der Waals surface area contributed by atoms with E-state index in [1.165, 1.54) is 5.56 Å². The van der Waals surface area contributed by atoms with Crippen LogP contribution in [0.3, 0.4) is 0 Å². The van der Waals surface area contributed by atoms with Gasteiger partial charge in [-0.05, 0) is 18.1 Å². The third-order valence-corrected chi connectivity index (χ3v) is 3.25. The van der Waals surface area contributed by atoms with Crippen molar-refractivity contribution in [2.75, 3.05) is 6.54 Å². The summed E-state index contributed by atoms with van der Waals surface area (Å²) in [6, 6.07) is 8.14. The number of benzene rings is 1. The van der Waals surface area contributed by atoms with Gasteiger partial charge in [-0.25, -0.2) is 0 Å². The van der Waals surface area contributed by atoms with Crippen LogP contribution in [-0.4, -0.2) is 18.4 Å². The van der Waals surface area contributed by atoms with Gasteiger partial charge in [0, 0.05) is 24.6 Å². The van der Waals surface area contributed by atoms with Crippen molar-refractivity contribution in [3.05, 3.63) is 41.6 Å². The zero-order valence-electron chi connectivity index (χ0n) is 9.61. The number of ether oxygens (including phenoxy) is 1. The van der Waals surface area contributed by atoms with Crippen molar-refractivity contribution in [2.45, 2.75) is 25.4 Å². The zero-order chi connectivity index (χ0) is 11.7. The fourth-order valence-corrected chi connectivity index (χ4v) is 2.35. The van der Waals surface area contributed by atoms with E-state index in [0.717, 1.165) is 30.8 Å². The Balaban J connectivity index is 1.56. The summed E-state index contributed by atoms with van der Waals surface area (Å²) in [6.45, 7) is 0.772. The number of hydrogen-bond acceptors (Lipinski definition) is 3. The van der Waals surface area contributed by atoms with Crippen molar-refractivity contribution in [3.8, 4) is 5.75 Å². The van der Waals surface area contributed by atoms with Crippen LogP contribution in [0.5, 0.6) is 5.75 Å². The van der Waals surface area contributed by atoms with E-state index in [2.05, 4.69) is 11.4 Å². The molecule has 1 aliphatic carbocycles. The largest absolute Gasteiger partial charge is 0.488 e. The Bertz CT molecular complexity index is 454. The molecule has 0 amide bonds. The molecule has 3 heteroatoms. The Morgan fingerprint density at radius 1 is 1.29 bits per heavy atom. The van der Waals surface area contributed by atoms with Gasteiger partial charge >= 0.3 is 0 Å². The number of hydrogen-bond donors (Lipinski definition) is 1. The van der Waals surface area contributed by atoms with Crippen LogP contribution in [-0.2, 0) is 11.2 Å². The third kappa shape index (κ3) is 2.18. The second-order valence-corrected chi connectivity index (χ2v) is 4.57. The summed E-state index contributed by atoms with van der Waals surface area (Å²) < 4.78 is 5.82. The van der Waals surface area contributed by atoms with Gasteiger partial charge in [-0.1, -0.05) is 18.2 Å². The van der Waals surface area contributed by atoms with Crippen molar-refractivity contribution in [1.29, 1.82) is 0 Å². The van der Waals surface area contributed by atoms with Crippen molar-refractivity contribution in [3.63, 3.8) is 0 Å². The first-order valence-corrected chi connectivity index (χ1v) is 6.03. The van der Waals surface area contributed by atoms with E-state index in [9.17, 15) is 4.79 Å². The number of rotatable bonds is 3. The molecular weight excluding hydrogens is 214 g/mol. The highest BCUT2D eigenvalue weighted by Crippen LogP contribution is 2.28. The Labute approximate surface area is 100 Å². The van der Waals surface area contributed by atoms with Crippen LogP contribution in [0.25, 0.3) is 0 Å². The maximum atomic E-state index is 11.1. The minimum Gasteiger partial charge on any atom is -0.488 e. The molecule has 1 atom stereocenters. The average molecular weight is 229 g/mol. The summed E-state index contributed by atoms with van der Waals surface area (Å²) >= 11 is 0. The molecule has 0 aromatic heterocycles. The van der Waals surface area contributed by atoms with Gasteiger partial charge in [-0.3, -0.25) is 4.79 Å².